The van der Waals surface area contributed by atoms with Crippen molar-refractivity contribution in [3.63, 3.8) is 0 Å². The normalized spacial score (nSPS) is 37.5. The van der Waals surface area contributed by atoms with Gasteiger partial charge in [-0.3, -0.25) is 0 Å². The maximum atomic E-state index is 11.1. The summed E-state index contributed by atoms with van der Waals surface area (Å²) in [6.07, 6.45) is 5.79. The van der Waals surface area contributed by atoms with Gasteiger partial charge in [0.2, 0.25) is 0 Å². The van der Waals surface area contributed by atoms with E-state index < -0.39 is 5.60 Å². The van der Waals surface area contributed by atoms with Crippen LogP contribution in [0.25, 0.3) is 0 Å². The van der Waals surface area contributed by atoms with Crippen LogP contribution in [0.15, 0.2) is 30.3 Å². The molecule has 2 heteroatoms. The minimum absolute atomic E-state index is 0.396. The average Bonchev–Trinajstić information content (AvgIpc) is 2.40. The summed E-state index contributed by atoms with van der Waals surface area (Å²) in [5, 5.41) is 14.7. The van der Waals surface area contributed by atoms with E-state index in [0.29, 0.717) is 12.0 Å². The van der Waals surface area contributed by atoms with Crippen molar-refractivity contribution in [1.82, 2.24) is 5.32 Å². The quantitative estimate of drug-likeness (QED) is 0.778. The molecule has 1 aliphatic carbocycles. The van der Waals surface area contributed by atoms with Crippen molar-refractivity contribution in [3.8, 4) is 0 Å². The predicted molar refractivity (Wildman–Crippen MR) is 68.7 cm³/mol. The molecular weight excluding hydrogens is 210 g/mol. The molecule has 0 spiro atoms. The van der Waals surface area contributed by atoms with Gasteiger partial charge in [0.25, 0.3) is 0 Å². The van der Waals surface area contributed by atoms with Gasteiger partial charge in [-0.25, -0.2) is 0 Å². The number of rotatable bonds is 1. The summed E-state index contributed by atoms with van der Waals surface area (Å²) in [5.41, 5.74) is 0.510. The second-order valence-corrected chi connectivity index (χ2v) is 5.49. The molecule has 1 heterocycles. The third-order valence-corrected chi connectivity index (χ3v) is 4.57. The van der Waals surface area contributed by atoms with Gasteiger partial charge in [-0.05, 0) is 31.4 Å². The van der Waals surface area contributed by atoms with Crippen LogP contribution in [0.3, 0.4) is 0 Å². The average molecular weight is 231 g/mol. The van der Waals surface area contributed by atoms with Crippen LogP contribution in [0.4, 0.5) is 0 Å². The molecule has 0 radical (unpaired) electrons. The molecule has 0 unspecified atom stereocenters. The van der Waals surface area contributed by atoms with Crippen LogP contribution >= 0.6 is 0 Å². The monoisotopic (exact) mass is 231 g/mol. The number of piperidine rings is 1. The minimum atomic E-state index is -0.600. The van der Waals surface area contributed by atoms with Crippen LogP contribution in [-0.2, 0) is 5.60 Å². The summed E-state index contributed by atoms with van der Waals surface area (Å²) in [6.45, 7) is 0.937. The number of hydrogen-bond acceptors (Lipinski definition) is 2. The summed E-state index contributed by atoms with van der Waals surface area (Å²) in [5.74, 6) is 0.396. The predicted octanol–water partition coefficient (Wildman–Crippen LogP) is 2.43. The molecule has 3 rings (SSSR count). The molecule has 1 aromatic carbocycles. The van der Waals surface area contributed by atoms with Crippen LogP contribution in [0.2, 0.25) is 0 Å². The molecule has 1 aromatic rings. The highest BCUT2D eigenvalue weighted by atomic mass is 16.3. The molecule has 1 saturated carbocycles. The maximum absolute atomic E-state index is 11.1. The minimum Gasteiger partial charge on any atom is -0.385 e. The van der Waals surface area contributed by atoms with E-state index in [0.717, 1.165) is 24.9 Å². The highest BCUT2D eigenvalue weighted by Gasteiger charge is 2.45. The molecule has 1 aliphatic heterocycles. The maximum Gasteiger partial charge on any atom is 0.0951 e. The number of hydrogen-bond donors (Lipinski definition) is 2. The first kappa shape index (κ1) is 11.2. The van der Waals surface area contributed by atoms with Crippen LogP contribution in [0, 0.1) is 5.92 Å². The van der Waals surface area contributed by atoms with E-state index in [2.05, 4.69) is 17.4 Å². The smallest absolute Gasteiger partial charge is 0.0951 e. The van der Waals surface area contributed by atoms with E-state index >= 15 is 0 Å². The van der Waals surface area contributed by atoms with Crippen molar-refractivity contribution in [2.24, 2.45) is 5.92 Å². The van der Waals surface area contributed by atoms with Crippen LogP contribution in [0.5, 0.6) is 0 Å². The first-order valence-electron chi connectivity index (χ1n) is 6.82. The fraction of sp³-hybridized carbons (Fsp3) is 0.600. The van der Waals surface area contributed by atoms with Crippen molar-refractivity contribution in [3.05, 3.63) is 35.9 Å². The van der Waals surface area contributed by atoms with Gasteiger partial charge >= 0.3 is 0 Å². The number of benzene rings is 1. The fourth-order valence-corrected chi connectivity index (χ4v) is 3.67. The van der Waals surface area contributed by atoms with Crippen LogP contribution in [0.1, 0.15) is 37.7 Å². The number of aliphatic hydroxyl groups is 1. The van der Waals surface area contributed by atoms with E-state index in [4.69, 9.17) is 0 Å². The van der Waals surface area contributed by atoms with E-state index in [1.807, 2.05) is 18.2 Å². The van der Waals surface area contributed by atoms with Crippen molar-refractivity contribution in [2.45, 2.75) is 43.7 Å². The Labute approximate surface area is 103 Å². The Morgan fingerprint density at radius 2 is 1.88 bits per heavy atom. The Morgan fingerprint density at radius 3 is 2.71 bits per heavy atom. The van der Waals surface area contributed by atoms with Crippen LogP contribution in [-0.4, -0.2) is 17.7 Å². The second-order valence-electron chi connectivity index (χ2n) is 5.49. The van der Waals surface area contributed by atoms with E-state index in [1.165, 1.54) is 19.3 Å². The molecule has 2 nitrogen and oxygen atoms in total. The van der Waals surface area contributed by atoms with E-state index in [-0.39, 0.29) is 0 Å². The van der Waals surface area contributed by atoms with Gasteiger partial charge in [-0.15, -0.1) is 0 Å². The molecular formula is C15H21NO. The van der Waals surface area contributed by atoms with Gasteiger partial charge in [0.1, 0.15) is 0 Å². The standard InChI is InChI=1S/C15H21NO/c17-15(12-6-2-1-3-7-12)10-11-16-14-9-5-4-8-13(14)15/h1-3,6-7,13-14,16-17H,4-5,8-11H2/t13-,14-,15+/m0/s1. The highest BCUT2D eigenvalue weighted by molar-refractivity contribution is 5.25. The number of fused-ring (bicyclic) bond motifs is 1. The third-order valence-electron chi connectivity index (χ3n) is 4.57. The summed E-state index contributed by atoms with van der Waals surface area (Å²) in [6, 6.07) is 10.8. The lowest BCUT2D eigenvalue weighted by Gasteiger charge is -2.48. The zero-order chi connectivity index (χ0) is 11.7. The van der Waals surface area contributed by atoms with Gasteiger partial charge < -0.3 is 10.4 Å². The SMILES string of the molecule is O[C@@]1(c2ccccc2)CCN[C@H]2CCCC[C@@H]21. The van der Waals surface area contributed by atoms with Gasteiger partial charge in [0, 0.05) is 12.0 Å². The Kier molecular flexibility index (Phi) is 2.93. The third kappa shape index (κ3) is 1.90. The molecule has 2 aliphatic rings. The van der Waals surface area contributed by atoms with Crippen molar-refractivity contribution in [1.29, 1.82) is 0 Å². The molecule has 2 N–H and O–H groups in total. The van der Waals surface area contributed by atoms with Gasteiger partial charge in [0.15, 0.2) is 0 Å². The summed E-state index contributed by atoms with van der Waals surface area (Å²) >= 11 is 0. The topological polar surface area (TPSA) is 32.3 Å². The lowest BCUT2D eigenvalue weighted by Crippen LogP contribution is -2.55. The highest BCUT2D eigenvalue weighted by Crippen LogP contribution is 2.43. The van der Waals surface area contributed by atoms with Crippen molar-refractivity contribution in [2.75, 3.05) is 6.54 Å². The molecule has 2 fully saturated rings. The summed E-state index contributed by atoms with van der Waals surface area (Å²) < 4.78 is 0. The Hall–Kier alpha value is -0.860. The Bertz CT molecular complexity index is 376. The largest absolute Gasteiger partial charge is 0.385 e. The second kappa shape index (κ2) is 4.43. The lowest BCUT2D eigenvalue weighted by molar-refractivity contribution is -0.0780. The molecule has 1 saturated heterocycles. The van der Waals surface area contributed by atoms with Crippen molar-refractivity contribution >= 4 is 0 Å². The van der Waals surface area contributed by atoms with Gasteiger partial charge in [-0.2, -0.15) is 0 Å². The van der Waals surface area contributed by atoms with Gasteiger partial charge in [0.05, 0.1) is 5.60 Å². The van der Waals surface area contributed by atoms with E-state index in [1.54, 1.807) is 0 Å². The first-order valence-corrected chi connectivity index (χ1v) is 6.82. The first-order chi connectivity index (χ1) is 8.31. The Morgan fingerprint density at radius 1 is 1.12 bits per heavy atom. The molecule has 92 valence electrons. The summed E-state index contributed by atoms with van der Waals surface area (Å²) in [7, 11) is 0. The van der Waals surface area contributed by atoms with E-state index in [9.17, 15) is 5.11 Å². The molecule has 17 heavy (non-hydrogen) atoms. The fourth-order valence-electron chi connectivity index (χ4n) is 3.67. The summed E-state index contributed by atoms with van der Waals surface area (Å²) in [4.78, 5) is 0. The molecule has 0 bridgehead atoms. The molecule has 0 amide bonds. The number of nitrogens with one attached hydrogen (secondary N) is 1. The lowest BCUT2D eigenvalue weighted by atomic mass is 9.67. The van der Waals surface area contributed by atoms with Crippen LogP contribution < -0.4 is 5.32 Å². The van der Waals surface area contributed by atoms with Gasteiger partial charge in [-0.1, -0.05) is 43.2 Å². The zero-order valence-electron chi connectivity index (χ0n) is 10.2. The Balaban J connectivity index is 1.94. The zero-order valence-corrected chi connectivity index (χ0v) is 10.2. The molecule has 3 atom stereocenters. The van der Waals surface area contributed by atoms with Crippen molar-refractivity contribution < 1.29 is 5.11 Å². The molecule has 0 aromatic heterocycles.